The maximum Gasteiger partial charge on any atom is 0.262 e. The zero-order chi connectivity index (χ0) is 20.5. The number of likely N-dealkylation sites (N-methyl/N-ethyl adjacent to an activating group) is 1. The van der Waals surface area contributed by atoms with Crippen molar-refractivity contribution in [1.29, 1.82) is 0 Å². The van der Waals surface area contributed by atoms with Crippen molar-refractivity contribution in [3.8, 4) is 5.75 Å². The molecule has 2 aliphatic rings. The summed E-state index contributed by atoms with van der Waals surface area (Å²) in [5, 5.41) is 0. The molecule has 2 heterocycles. The first-order chi connectivity index (χ1) is 14.0. The molecule has 0 radical (unpaired) electrons. The van der Waals surface area contributed by atoms with Gasteiger partial charge in [0.05, 0.1) is 24.3 Å². The highest BCUT2D eigenvalue weighted by Crippen LogP contribution is 2.27. The first kappa shape index (κ1) is 19.1. The van der Waals surface area contributed by atoms with E-state index in [1.165, 1.54) is 0 Å². The van der Waals surface area contributed by atoms with Crippen LogP contribution >= 0.6 is 0 Å². The minimum atomic E-state index is -0.405. The van der Waals surface area contributed by atoms with Crippen molar-refractivity contribution >= 4 is 17.7 Å². The van der Waals surface area contributed by atoms with Crippen LogP contribution in [-0.4, -0.2) is 72.8 Å². The Kier molecular flexibility index (Phi) is 5.07. The molecule has 2 aliphatic heterocycles. The third kappa shape index (κ3) is 3.49. The van der Waals surface area contributed by atoms with Crippen LogP contribution in [0, 0.1) is 0 Å². The fraction of sp³-hybridized carbons (Fsp3) is 0.318. The largest absolute Gasteiger partial charge is 0.497 e. The monoisotopic (exact) mass is 393 g/mol. The molecule has 2 aromatic carbocycles. The van der Waals surface area contributed by atoms with Crippen LogP contribution < -0.4 is 4.74 Å². The summed E-state index contributed by atoms with van der Waals surface area (Å²) < 4.78 is 5.32. The van der Waals surface area contributed by atoms with Crippen molar-refractivity contribution in [2.24, 2.45) is 0 Å². The second-order valence-corrected chi connectivity index (χ2v) is 7.35. The van der Waals surface area contributed by atoms with Crippen molar-refractivity contribution in [2.45, 2.75) is 6.04 Å². The lowest BCUT2D eigenvalue weighted by Gasteiger charge is -2.40. The molecule has 1 saturated heterocycles. The van der Waals surface area contributed by atoms with E-state index in [-0.39, 0.29) is 18.5 Å². The number of methoxy groups -OCH3 is 1. The van der Waals surface area contributed by atoms with Gasteiger partial charge >= 0.3 is 0 Å². The van der Waals surface area contributed by atoms with Gasteiger partial charge in [0, 0.05) is 19.6 Å². The summed E-state index contributed by atoms with van der Waals surface area (Å²) in [6.45, 7) is 1.52. The molecule has 7 heteroatoms. The highest BCUT2D eigenvalue weighted by molar-refractivity contribution is 6.22. The summed E-state index contributed by atoms with van der Waals surface area (Å²) >= 11 is 0. The maximum atomic E-state index is 12.9. The quantitative estimate of drug-likeness (QED) is 0.741. The Hall–Kier alpha value is -3.19. The van der Waals surface area contributed by atoms with Crippen molar-refractivity contribution in [3.63, 3.8) is 0 Å². The average Bonchev–Trinajstić information content (AvgIpc) is 2.99. The lowest BCUT2D eigenvalue weighted by Crippen LogP contribution is -2.52. The van der Waals surface area contributed by atoms with Gasteiger partial charge in [-0.05, 0) is 36.9 Å². The molecule has 1 unspecified atom stereocenters. The van der Waals surface area contributed by atoms with Crippen LogP contribution in [0.1, 0.15) is 32.3 Å². The van der Waals surface area contributed by atoms with E-state index in [9.17, 15) is 14.4 Å². The van der Waals surface area contributed by atoms with Crippen LogP contribution in [0.2, 0.25) is 0 Å². The molecule has 1 atom stereocenters. The summed E-state index contributed by atoms with van der Waals surface area (Å²) in [6.07, 6.45) is 0. The molecule has 0 spiro atoms. The number of ether oxygens (including phenoxy) is 1. The van der Waals surface area contributed by atoms with E-state index in [0.29, 0.717) is 30.8 Å². The number of hydrogen-bond acceptors (Lipinski definition) is 5. The van der Waals surface area contributed by atoms with Crippen molar-refractivity contribution in [2.75, 3.05) is 40.3 Å². The van der Waals surface area contributed by atoms with Crippen LogP contribution in [0.3, 0.4) is 0 Å². The molecule has 4 rings (SSSR count). The van der Waals surface area contributed by atoms with Crippen molar-refractivity contribution in [1.82, 2.24) is 14.7 Å². The molecule has 7 nitrogen and oxygen atoms in total. The van der Waals surface area contributed by atoms with Crippen molar-refractivity contribution < 1.29 is 19.1 Å². The van der Waals surface area contributed by atoms with Gasteiger partial charge in [0.15, 0.2) is 0 Å². The maximum absolute atomic E-state index is 12.9. The van der Waals surface area contributed by atoms with E-state index in [4.69, 9.17) is 4.74 Å². The number of rotatable bonds is 4. The number of amides is 3. The molecule has 1 fully saturated rings. The number of benzene rings is 2. The Morgan fingerprint density at radius 3 is 2.38 bits per heavy atom. The van der Waals surface area contributed by atoms with Gasteiger partial charge in [-0.15, -0.1) is 0 Å². The molecule has 0 aliphatic carbocycles. The summed E-state index contributed by atoms with van der Waals surface area (Å²) in [5.74, 6) is -0.263. The lowest BCUT2D eigenvalue weighted by atomic mass is 10.0. The van der Waals surface area contributed by atoms with Crippen molar-refractivity contribution in [3.05, 3.63) is 65.2 Å². The minimum Gasteiger partial charge on any atom is -0.497 e. The molecule has 29 heavy (non-hydrogen) atoms. The van der Waals surface area contributed by atoms with Gasteiger partial charge < -0.3 is 9.64 Å². The second kappa shape index (κ2) is 7.67. The van der Waals surface area contributed by atoms with E-state index in [1.54, 1.807) is 36.3 Å². The number of carbonyl (C=O) groups is 3. The Labute approximate surface area is 169 Å². The van der Waals surface area contributed by atoms with E-state index in [0.717, 1.165) is 16.2 Å². The summed E-state index contributed by atoms with van der Waals surface area (Å²) in [7, 11) is 3.65. The van der Waals surface area contributed by atoms with Gasteiger partial charge in [0.25, 0.3) is 11.8 Å². The van der Waals surface area contributed by atoms with Crippen LogP contribution in [0.5, 0.6) is 5.75 Å². The molecule has 0 N–H and O–H groups in total. The normalized spacial score (nSPS) is 19.4. The third-order valence-corrected chi connectivity index (χ3v) is 5.65. The van der Waals surface area contributed by atoms with Crippen LogP contribution in [0.25, 0.3) is 0 Å². The molecular weight excluding hydrogens is 370 g/mol. The highest BCUT2D eigenvalue weighted by Gasteiger charge is 2.38. The smallest absolute Gasteiger partial charge is 0.262 e. The van der Waals surface area contributed by atoms with Gasteiger partial charge in [-0.2, -0.15) is 0 Å². The molecule has 0 aromatic heterocycles. The van der Waals surface area contributed by atoms with Crippen LogP contribution in [0.15, 0.2) is 48.5 Å². The molecular formula is C22H23N3O4. The number of imide groups is 1. The molecule has 0 saturated carbocycles. The molecule has 3 amide bonds. The molecule has 150 valence electrons. The highest BCUT2D eigenvalue weighted by atomic mass is 16.5. The number of nitrogens with zero attached hydrogens (tertiary/aromatic N) is 3. The number of hydrogen-bond donors (Lipinski definition) is 0. The third-order valence-electron chi connectivity index (χ3n) is 5.65. The Bertz CT molecular complexity index is 939. The van der Waals surface area contributed by atoms with E-state index in [1.807, 2.05) is 31.3 Å². The van der Waals surface area contributed by atoms with Gasteiger partial charge in [0.2, 0.25) is 5.91 Å². The minimum absolute atomic E-state index is 0.0185. The first-order valence-electron chi connectivity index (χ1n) is 9.57. The van der Waals surface area contributed by atoms with Crippen LogP contribution in [-0.2, 0) is 4.79 Å². The zero-order valence-electron chi connectivity index (χ0n) is 16.5. The van der Waals surface area contributed by atoms with Gasteiger partial charge in [-0.1, -0.05) is 24.3 Å². The summed E-state index contributed by atoms with van der Waals surface area (Å²) in [4.78, 5) is 43.0. The number of fused-ring (bicyclic) bond motifs is 1. The fourth-order valence-electron chi connectivity index (χ4n) is 3.93. The standard InChI is InChI=1S/C22H23N3O4/c1-23-10-11-24(13-19(23)15-6-5-7-16(12-15)29-2)20(26)14-25-21(27)17-8-3-4-9-18(17)22(25)28/h3-9,12,19H,10-11,13-14H2,1-2H3. The molecule has 2 aromatic rings. The van der Waals surface area contributed by atoms with Gasteiger partial charge in [-0.25, -0.2) is 0 Å². The first-order valence-corrected chi connectivity index (χ1v) is 9.57. The van der Waals surface area contributed by atoms with Gasteiger partial charge in [0.1, 0.15) is 12.3 Å². The predicted molar refractivity (Wildman–Crippen MR) is 107 cm³/mol. The summed E-state index contributed by atoms with van der Waals surface area (Å²) in [5.41, 5.74) is 1.78. The Morgan fingerprint density at radius 2 is 1.72 bits per heavy atom. The topological polar surface area (TPSA) is 70.2 Å². The molecule has 0 bridgehead atoms. The Morgan fingerprint density at radius 1 is 1.03 bits per heavy atom. The Balaban J connectivity index is 1.48. The zero-order valence-corrected chi connectivity index (χ0v) is 16.5. The second-order valence-electron chi connectivity index (χ2n) is 7.35. The van der Waals surface area contributed by atoms with E-state index >= 15 is 0 Å². The number of piperazine rings is 1. The lowest BCUT2D eigenvalue weighted by molar-refractivity contribution is -0.134. The fourth-order valence-corrected chi connectivity index (χ4v) is 3.93. The predicted octanol–water partition coefficient (Wildman–Crippen LogP) is 1.81. The van der Waals surface area contributed by atoms with E-state index < -0.39 is 11.8 Å². The SMILES string of the molecule is COc1cccc(C2CN(C(=O)CN3C(=O)c4ccccc4C3=O)CCN2C)c1. The van der Waals surface area contributed by atoms with Crippen LogP contribution in [0.4, 0.5) is 0 Å². The van der Waals surface area contributed by atoms with E-state index in [2.05, 4.69) is 4.90 Å². The number of carbonyl (C=O) groups excluding carboxylic acids is 3. The van der Waals surface area contributed by atoms with Gasteiger partial charge in [-0.3, -0.25) is 24.2 Å². The summed E-state index contributed by atoms with van der Waals surface area (Å²) in [6, 6.07) is 14.5. The average molecular weight is 393 g/mol.